The van der Waals surface area contributed by atoms with Crippen molar-refractivity contribution < 1.29 is 31.5 Å². The zero-order valence-corrected chi connectivity index (χ0v) is 18.3. The number of alkyl halides is 5. The molecule has 0 bridgehead atoms. The maximum atomic E-state index is 12.8. The number of carbonyl (C=O) groups is 1. The fourth-order valence-corrected chi connectivity index (χ4v) is 4.17. The number of amides is 1. The first kappa shape index (κ1) is 25.2. The van der Waals surface area contributed by atoms with Gasteiger partial charge in [-0.3, -0.25) is 4.90 Å². The third-order valence-electron chi connectivity index (χ3n) is 4.76. The number of aromatic nitrogens is 1. The second-order valence-corrected chi connectivity index (χ2v) is 9.26. The largest absolute Gasteiger partial charge is 0.449 e. The first-order valence-corrected chi connectivity index (χ1v) is 10.6. The molecule has 1 amide bonds. The predicted octanol–water partition coefficient (Wildman–Crippen LogP) is 6.69. The van der Waals surface area contributed by atoms with Crippen molar-refractivity contribution in [2.75, 3.05) is 18.1 Å². The molecule has 1 atom stereocenters. The van der Waals surface area contributed by atoms with E-state index in [4.69, 9.17) is 4.74 Å². The molecule has 1 saturated heterocycles. The SMILES string of the molecule is CC/C=C\C(=C/CC(F)F)SC(C)(C)C1COC(=O)N(c2ccc(C(F)(F)F)nc2)C1. The highest BCUT2D eigenvalue weighted by molar-refractivity contribution is 8.04. The summed E-state index contributed by atoms with van der Waals surface area (Å²) >= 11 is 1.40. The highest BCUT2D eigenvalue weighted by Gasteiger charge is 2.39. The summed E-state index contributed by atoms with van der Waals surface area (Å²) in [4.78, 5) is 17.6. The summed E-state index contributed by atoms with van der Waals surface area (Å²) in [5.74, 6) is -0.206. The van der Waals surface area contributed by atoms with Crippen LogP contribution in [0.15, 0.2) is 41.5 Å². The highest BCUT2D eigenvalue weighted by Crippen LogP contribution is 2.41. The monoisotopic (exact) mass is 464 g/mol. The summed E-state index contributed by atoms with van der Waals surface area (Å²) in [5.41, 5.74) is -0.853. The normalized spacial score (nSPS) is 18.7. The molecule has 2 rings (SSSR count). The molecule has 2 heterocycles. The molecule has 31 heavy (non-hydrogen) atoms. The van der Waals surface area contributed by atoms with Crippen LogP contribution in [0.25, 0.3) is 0 Å². The highest BCUT2D eigenvalue weighted by atomic mass is 32.2. The maximum Gasteiger partial charge on any atom is 0.433 e. The molecule has 0 N–H and O–H groups in total. The quantitative estimate of drug-likeness (QED) is 0.318. The van der Waals surface area contributed by atoms with Crippen LogP contribution >= 0.6 is 11.8 Å². The molecular weight excluding hydrogens is 439 g/mol. The Balaban J connectivity index is 2.18. The minimum atomic E-state index is -4.57. The van der Waals surface area contributed by atoms with Crippen LogP contribution in [0.1, 0.15) is 39.3 Å². The van der Waals surface area contributed by atoms with Gasteiger partial charge in [0, 0.05) is 28.5 Å². The van der Waals surface area contributed by atoms with E-state index in [9.17, 15) is 26.7 Å². The van der Waals surface area contributed by atoms with E-state index in [1.54, 1.807) is 6.08 Å². The number of ether oxygens (including phenoxy) is 1. The van der Waals surface area contributed by atoms with Crippen LogP contribution in [-0.2, 0) is 10.9 Å². The van der Waals surface area contributed by atoms with Crippen LogP contribution in [-0.4, -0.2) is 35.4 Å². The Bertz CT molecular complexity index is 807. The number of thioether (sulfide) groups is 1. The van der Waals surface area contributed by atoms with Gasteiger partial charge in [-0.2, -0.15) is 13.2 Å². The topological polar surface area (TPSA) is 42.4 Å². The van der Waals surface area contributed by atoms with Gasteiger partial charge >= 0.3 is 12.3 Å². The summed E-state index contributed by atoms with van der Waals surface area (Å²) in [7, 11) is 0. The van der Waals surface area contributed by atoms with Crippen LogP contribution in [0.5, 0.6) is 0 Å². The Kier molecular flexibility index (Phi) is 8.50. The number of hydrogen-bond donors (Lipinski definition) is 0. The van der Waals surface area contributed by atoms with Crippen molar-refractivity contribution in [3.63, 3.8) is 0 Å². The van der Waals surface area contributed by atoms with Gasteiger partial charge in [-0.05, 0) is 32.4 Å². The lowest BCUT2D eigenvalue weighted by atomic mass is 9.94. The zero-order chi connectivity index (χ0) is 23.2. The number of carbonyl (C=O) groups excluding carboxylic acids is 1. The Morgan fingerprint density at radius 3 is 2.61 bits per heavy atom. The fourth-order valence-electron chi connectivity index (χ4n) is 2.91. The van der Waals surface area contributed by atoms with Crippen molar-refractivity contribution in [1.29, 1.82) is 0 Å². The van der Waals surface area contributed by atoms with Gasteiger partial charge in [-0.25, -0.2) is 18.6 Å². The Morgan fingerprint density at radius 1 is 1.35 bits per heavy atom. The summed E-state index contributed by atoms with van der Waals surface area (Å²) in [6.45, 7) is 6.09. The molecule has 172 valence electrons. The average Bonchev–Trinajstić information content (AvgIpc) is 2.69. The van der Waals surface area contributed by atoms with Gasteiger partial charge in [0.25, 0.3) is 0 Å². The lowest BCUT2D eigenvalue weighted by Crippen LogP contribution is -2.49. The van der Waals surface area contributed by atoms with E-state index in [1.807, 2.05) is 26.8 Å². The molecule has 10 heteroatoms. The second-order valence-electron chi connectivity index (χ2n) is 7.53. The smallest absolute Gasteiger partial charge is 0.433 e. The molecule has 0 spiro atoms. The molecular formula is C21H25F5N2O2S. The molecule has 1 aromatic rings. The molecule has 0 aromatic carbocycles. The van der Waals surface area contributed by atoms with E-state index < -0.39 is 29.1 Å². The third-order valence-corrected chi connectivity index (χ3v) is 6.16. The fraction of sp³-hybridized carbons (Fsp3) is 0.524. The summed E-state index contributed by atoms with van der Waals surface area (Å²) in [5, 5.41) is 0. The summed E-state index contributed by atoms with van der Waals surface area (Å²) < 4.78 is 68.4. The molecule has 1 aliphatic heterocycles. The van der Waals surface area contributed by atoms with Crippen LogP contribution < -0.4 is 4.90 Å². The number of cyclic esters (lactones) is 1. The third kappa shape index (κ3) is 7.22. The molecule has 0 saturated carbocycles. The average molecular weight is 465 g/mol. The van der Waals surface area contributed by atoms with Crippen molar-refractivity contribution in [2.24, 2.45) is 5.92 Å². The van der Waals surface area contributed by atoms with Gasteiger partial charge in [0.05, 0.1) is 18.5 Å². The van der Waals surface area contributed by atoms with Gasteiger partial charge < -0.3 is 4.74 Å². The van der Waals surface area contributed by atoms with Gasteiger partial charge in [-0.1, -0.05) is 25.2 Å². The summed E-state index contributed by atoms with van der Waals surface area (Å²) in [6.07, 6.45) is -1.17. The van der Waals surface area contributed by atoms with E-state index in [-0.39, 0.29) is 31.2 Å². The Labute approximate surface area is 182 Å². The number of nitrogens with zero attached hydrogens (tertiary/aromatic N) is 2. The van der Waals surface area contributed by atoms with Crippen molar-refractivity contribution in [2.45, 2.75) is 51.0 Å². The standard InChI is InChI=1S/C21H25F5N2O2S/c1-4-5-6-16(8-10-18(22)23)31-20(2,3)14-12-28(19(29)30-13-14)15-7-9-17(27-11-15)21(24,25)26/h5-9,11,14,18H,4,10,12-13H2,1-3H3/b6-5-,16-8+. The van der Waals surface area contributed by atoms with Gasteiger partial charge in [0.2, 0.25) is 6.43 Å². The molecule has 1 fully saturated rings. The van der Waals surface area contributed by atoms with Crippen LogP contribution in [0.2, 0.25) is 0 Å². The predicted molar refractivity (Wildman–Crippen MR) is 111 cm³/mol. The zero-order valence-electron chi connectivity index (χ0n) is 17.5. The lowest BCUT2D eigenvalue weighted by molar-refractivity contribution is -0.141. The van der Waals surface area contributed by atoms with Crippen LogP contribution in [0, 0.1) is 5.92 Å². The van der Waals surface area contributed by atoms with E-state index in [2.05, 4.69) is 4.98 Å². The van der Waals surface area contributed by atoms with Gasteiger partial charge in [0.15, 0.2) is 0 Å². The molecule has 1 unspecified atom stereocenters. The van der Waals surface area contributed by atoms with Gasteiger partial charge in [0.1, 0.15) is 5.69 Å². The number of pyridine rings is 1. The van der Waals surface area contributed by atoms with Gasteiger partial charge in [-0.15, -0.1) is 11.8 Å². The molecule has 1 aromatic heterocycles. The second kappa shape index (κ2) is 10.5. The van der Waals surface area contributed by atoms with Crippen LogP contribution in [0.3, 0.4) is 0 Å². The minimum Gasteiger partial charge on any atom is -0.449 e. The van der Waals surface area contributed by atoms with E-state index in [0.29, 0.717) is 4.91 Å². The number of halogens is 5. The summed E-state index contributed by atoms with van der Waals surface area (Å²) in [6, 6.07) is 1.99. The van der Waals surface area contributed by atoms with E-state index >= 15 is 0 Å². The number of anilines is 1. The first-order valence-electron chi connectivity index (χ1n) is 9.75. The minimum absolute atomic E-state index is 0.114. The van der Waals surface area contributed by atoms with Crippen molar-refractivity contribution in [3.05, 3.63) is 47.2 Å². The van der Waals surface area contributed by atoms with Crippen molar-refractivity contribution >= 4 is 23.5 Å². The number of hydrogen-bond acceptors (Lipinski definition) is 4. The molecule has 0 radical (unpaired) electrons. The van der Waals surface area contributed by atoms with E-state index in [0.717, 1.165) is 18.7 Å². The van der Waals surface area contributed by atoms with Crippen LogP contribution in [0.4, 0.5) is 32.4 Å². The lowest BCUT2D eigenvalue weighted by Gasteiger charge is -2.40. The molecule has 4 nitrogen and oxygen atoms in total. The first-order chi connectivity index (χ1) is 14.4. The Morgan fingerprint density at radius 2 is 2.06 bits per heavy atom. The molecule has 0 aliphatic carbocycles. The van der Waals surface area contributed by atoms with E-state index in [1.165, 1.54) is 28.8 Å². The number of rotatable bonds is 8. The van der Waals surface area contributed by atoms with Crippen molar-refractivity contribution in [1.82, 2.24) is 4.98 Å². The molecule has 1 aliphatic rings. The number of allylic oxidation sites excluding steroid dienone is 3. The van der Waals surface area contributed by atoms with Crippen molar-refractivity contribution in [3.8, 4) is 0 Å². The Hall–Kier alpha value is -2.10. The maximum absolute atomic E-state index is 12.8.